The highest BCUT2D eigenvalue weighted by atomic mass is 16.5. The Balaban J connectivity index is 1.64. The summed E-state index contributed by atoms with van der Waals surface area (Å²) in [6.07, 6.45) is 13.5. The van der Waals surface area contributed by atoms with Gasteiger partial charge in [-0.3, -0.25) is 14.4 Å². The van der Waals surface area contributed by atoms with Gasteiger partial charge in [0.1, 0.15) is 11.6 Å². The fraction of sp³-hybridized carbons (Fsp3) is 0.750. The minimum Gasteiger partial charge on any atom is -0.394 e. The third-order valence-electron chi connectivity index (χ3n) is 9.09. The summed E-state index contributed by atoms with van der Waals surface area (Å²) in [5.41, 5.74) is -2.25. The number of aliphatic hydroxyl groups is 1. The predicted molar refractivity (Wildman–Crippen MR) is 135 cm³/mol. The molecule has 8 nitrogen and oxygen atoms in total. The van der Waals surface area contributed by atoms with Crippen molar-refractivity contribution in [2.45, 2.75) is 88.6 Å². The summed E-state index contributed by atoms with van der Waals surface area (Å²) in [6, 6.07) is -1.28. The first-order chi connectivity index (χ1) is 17.1. The van der Waals surface area contributed by atoms with Crippen molar-refractivity contribution in [1.82, 2.24) is 14.7 Å². The zero-order valence-electron chi connectivity index (χ0n) is 22.1. The lowest BCUT2D eigenvalue weighted by atomic mass is 9.74. The number of rotatable bonds is 5. The van der Waals surface area contributed by atoms with E-state index in [2.05, 4.69) is 0 Å². The van der Waals surface area contributed by atoms with E-state index in [4.69, 9.17) is 4.74 Å². The molecule has 3 amide bonds. The van der Waals surface area contributed by atoms with Gasteiger partial charge in [0, 0.05) is 26.2 Å². The van der Waals surface area contributed by atoms with Crippen molar-refractivity contribution in [3.05, 3.63) is 24.3 Å². The van der Waals surface area contributed by atoms with E-state index >= 15 is 0 Å². The first kappa shape index (κ1) is 25.5. The summed E-state index contributed by atoms with van der Waals surface area (Å²) in [5, 5.41) is 10.4. The average Bonchev–Trinajstić information content (AvgIpc) is 3.13. The standard InChI is InChI=1S/C28H41N3O5/c1-18(2)16-20(17-32)31-23-26(35)30(19-10-6-5-7-11-19)15-9-13-28(23)22(25(31)34)21-24(33)29(4)14-8-12-27(21,3)36-28/h8-9,12-13,18-23,32H,5-7,10-11,14-17H2,1-4H3/t20-,21-,22+,23?,27+,28+/m1/s1. The maximum absolute atomic E-state index is 14.5. The van der Waals surface area contributed by atoms with Gasteiger partial charge in [-0.25, -0.2) is 0 Å². The van der Waals surface area contributed by atoms with E-state index in [9.17, 15) is 19.5 Å². The molecule has 36 heavy (non-hydrogen) atoms. The fourth-order valence-electron chi connectivity index (χ4n) is 7.53. The SMILES string of the molecule is CC(C)C[C@H](CO)N1C(=O)[C@@H]2[C@@H]3C(=O)N(C)CC=C[C@]3(C)O[C@@]23C=CCN(C2CCCCC2)C(=O)C13. The van der Waals surface area contributed by atoms with Gasteiger partial charge in [-0.1, -0.05) is 57.4 Å². The van der Waals surface area contributed by atoms with Gasteiger partial charge in [-0.2, -0.15) is 0 Å². The van der Waals surface area contributed by atoms with Crippen LogP contribution < -0.4 is 0 Å². The highest BCUT2D eigenvalue weighted by molar-refractivity contribution is 6.00. The van der Waals surface area contributed by atoms with E-state index in [0.717, 1.165) is 25.7 Å². The van der Waals surface area contributed by atoms with E-state index in [1.807, 2.05) is 50.0 Å². The van der Waals surface area contributed by atoms with E-state index in [1.54, 1.807) is 16.8 Å². The van der Waals surface area contributed by atoms with Crippen LogP contribution in [0.2, 0.25) is 0 Å². The third kappa shape index (κ3) is 3.74. The van der Waals surface area contributed by atoms with Crippen molar-refractivity contribution in [2.24, 2.45) is 17.8 Å². The van der Waals surface area contributed by atoms with Gasteiger partial charge in [-0.15, -0.1) is 0 Å². The summed E-state index contributed by atoms with van der Waals surface area (Å²) >= 11 is 0. The maximum Gasteiger partial charge on any atom is 0.249 e. The minimum atomic E-state index is -1.25. The molecule has 0 bridgehead atoms. The Bertz CT molecular complexity index is 972. The molecule has 5 aliphatic rings. The molecular formula is C28H41N3O5. The highest BCUT2D eigenvalue weighted by Gasteiger charge is 2.75. The van der Waals surface area contributed by atoms with Crippen molar-refractivity contribution >= 4 is 17.7 Å². The van der Waals surface area contributed by atoms with Crippen LogP contribution >= 0.6 is 0 Å². The molecule has 2 saturated heterocycles. The van der Waals surface area contributed by atoms with Gasteiger partial charge in [0.05, 0.1) is 30.1 Å². The summed E-state index contributed by atoms with van der Waals surface area (Å²) in [4.78, 5) is 47.7. The fourth-order valence-corrected chi connectivity index (χ4v) is 7.53. The van der Waals surface area contributed by atoms with Crippen LogP contribution in [0.25, 0.3) is 0 Å². The van der Waals surface area contributed by atoms with Gasteiger partial charge < -0.3 is 24.5 Å². The Kier molecular flexibility index (Phi) is 6.56. The van der Waals surface area contributed by atoms with Gasteiger partial charge >= 0.3 is 0 Å². The average molecular weight is 500 g/mol. The van der Waals surface area contributed by atoms with Gasteiger partial charge in [0.25, 0.3) is 0 Å². The second-order valence-electron chi connectivity index (χ2n) is 12.0. The molecular weight excluding hydrogens is 458 g/mol. The van der Waals surface area contributed by atoms with Gasteiger partial charge in [0.15, 0.2) is 0 Å². The molecule has 5 rings (SSSR count). The first-order valence-corrected chi connectivity index (χ1v) is 13.7. The normalized spacial score (nSPS) is 37.8. The lowest BCUT2D eigenvalue weighted by Gasteiger charge is -2.42. The van der Waals surface area contributed by atoms with Crippen LogP contribution in [0.1, 0.15) is 59.3 Å². The monoisotopic (exact) mass is 499 g/mol. The molecule has 8 heteroatoms. The van der Waals surface area contributed by atoms with Crippen molar-refractivity contribution in [3.8, 4) is 0 Å². The Morgan fingerprint density at radius 2 is 1.69 bits per heavy atom. The van der Waals surface area contributed by atoms with Crippen molar-refractivity contribution < 1.29 is 24.2 Å². The van der Waals surface area contributed by atoms with E-state index in [0.29, 0.717) is 19.5 Å². The molecule has 3 fully saturated rings. The van der Waals surface area contributed by atoms with Crippen molar-refractivity contribution in [1.29, 1.82) is 0 Å². The third-order valence-corrected chi connectivity index (χ3v) is 9.09. The maximum atomic E-state index is 14.5. The molecule has 1 spiro atoms. The lowest BCUT2D eigenvalue weighted by molar-refractivity contribution is -0.157. The van der Waals surface area contributed by atoms with Crippen LogP contribution in [0.15, 0.2) is 24.3 Å². The number of carbonyl (C=O) groups excluding carboxylic acids is 3. The van der Waals surface area contributed by atoms with Gasteiger partial charge in [-0.05, 0) is 32.1 Å². The summed E-state index contributed by atoms with van der Waals surface area (Å²) < 4.78 is 6.84. The Labute approximate surface area is 214 Å². The number of likely N-dealkylation sites (N-methyl/N-ethyl adjacent to an activating group) is 1. The van der Waals surface area contributed by atoms with Crippen molar-refractivity contribution in [3.63, 3.8) is 0 Å². The van der Waals surface area contributed by atoms with E-state index in [-0.39, 0.29) is 36.3 Å². The number of nitrogens with zero attached hydrogens (tertiary/aromatic N) is 3. The number of amides is 3. The Hall–Kier alpha value is -2.19. The molecule has 198 valence electrons. The summed E-state index contributed by atoms with van der Waals surface area (Å²) in [6.45, 7) is 6.65. The molecule has 0 aromatic rings. The smallest absolute Gasteiger partial charge is 0.249 e. The molecule has 4 aliphatic heterocycles. The van der Waals surface area contributed by atoms with Crippen LogP contribution in [-0.4, -0.2) is 93.6 Å². The number of hydrogen-bond donors (Lipinski definition) is 1. The van der Waals surface area contributed by atoms with Crippen LogP contribution in [0.5, 0.6) is 0 Å². The van der Waals surface area contributed by atoms with Crippen molar-refractivity contribution in [2.75, 3.05) is 26.7 Å². The number of ether oxygens (including phenoxy) is 1. The molecule has 1 unspecified atom stereocenters. The molecule has 0 aromatic heterocycles. The number of hydrogen-bond acceptors (Lipinski definition) is 5. The number of carbonyl (C=O) groups is 3. The van der Waals surface area contributed by atoms with Crippen LogP contribution in [-0.2, 0) is 19.1 Å². The van der Waals surface area contributed by atoms with E-state index < -0.39 is 35.1 Å². The number of fused-ring (bicyclic) bond motifs is 2. The molecule has 0 radical (unpaired) electrons. The topological polar surface area (TPSA) is 90.4 Å². The largest absolute Gasteiger partial charge is 0.394 e. The molecule has 1 saturated carbocycles. The number of aliphatic hydroxyl groups excluding tert-OH is 1. The summed E-state index contributed by atoms with van der Waals surface area (Å²) in [5.74, 6) is -1.85. The summed E-state index contributed by atoms with van der Waals surface area (Å²) in [7, 11) is 1.74. The van der Waals surface area contributed by atoms with Crippen LogP contribution in [0.4, 0.5) is 0 Å². The zero-order valence-corrected chi connectivity index (χ0v) is 22.1. The first-order valence-electron chi connectivity index (χ1n) is 13.7. The lowest BCUT2D eigenvalue weighted by Crippen LogP contribution is -2.60. The molecule has 6 atom stereocenters. The van der Waals surface area contributed by atoms with E-state index in [1.165, 1.54) is 6.42 Å². The molecule has 1 N–H and O–H groups in total. The Morgan fingerprint density at radius 1 is 1.00 bits per heavy atom. The second-order valence-corrected chi connectivity index (χ2v) is 12.0. The van der Waals surface area contributed by atoms with Crippen LogP contribution in [0.3, 0.4) is 0 Å². The molecule has 1 aliphatic carbocycles. The highest BCUT2D eigenvalue weighted by Crippen LogP contribution is 2.58. The van der Waals surface area contributed by atoms with Crippen LogP contribution in [0, 0.1) is 17.8 Å². The quantitative estimate of drug-likeness (QED) is 0.586. The molecule has 4 heterocycles. The Morgan fingerprint density at radius 3 is 2.36 bits per heavy atom. The minimum absolute atomic E-state index is 0.116. The van der Waals surface area contributed by atoms with Gasteiger partial charge in [0.2, 0.25) is 17.7 Å². The zero-order chi connectivity index (χ0) is 25.8. The predicted octanol–water partition coefficient (Wildman–Crippen LogP) is 2.12. The number of likely N-dealkylation sites (tertiary alicyclic amines) is 1. The second kappa shape index (κ2) is 9.28. The molecule has 0 aromatic carbocycles.